The molecule has 106 valence electrons. The van der Waals surface area contributed by atoms with Crippen molar-refractivity contribution in [2.24, 2.45) is 0 Å². The van der Waals surface area contributed by atoms with Gasteiger partial charge >= 0.3 is 6.09 Å². The van der Waals surface area contributed by atoms with Crippen LogP contribution < -0.4 is 0 Å². The molecule has 0 N–H and O–H groups in total. The van der Waals surface area contributed by atoms with Gasteiger partial charge in [-0.25, -0.2) is 4.79 Å². The third-order valence-corrected chi connectivity index (χ3v) is 2.67. The zero-order valence-corrected chi connectivity index (χ0v) is 11.8. The van der Waals surface area contributed by atoms with Crippen molar-refractivity contribution >= 4 is 34.3 Å². The summed E-state index contributed by atoms with van der Waals surface area (Å²) in [4.78, 5) is 22.2. The summed E-state index contributed by atoms with van der Waals surface area (Å²) in [5.74, 6) is 0. The zero-order chi connectivity index (χ0) is 15.1. The summed E-state index contributed by atoms with van der Waals surface area (Å²) < 4.78 is 6.18. The predicted octanol–water partition coefficient (Wildman–Crippen LogP) is 3.38. The van der Waals surface area contributed by atoms with E-state index in [0.29, 0.717) is 10.9 Å². The van der Waals surface area contributed by atoms with Crippen LogP contribution in [0, 0.1) is 10.1 Å². The van der Waals surface area contributed by atoms with Gasteiger partial charge in [-0.2, -0.15) is 4.68 Å². The fourth-order valence-electron chi connectivity index (χ4n) is 1.63. The van der Waals surface area contributed by atoms with Crippen LogP contribution in [0.4, 0.5) is 10.5 Å². The third-order valence-electron chi connectivity index (χ3n) is 2.40. The molecule has 20 heavy (non-hydrogen) atoms. The first-order chi connectivity index (χ1) is 9.19. The van der Waals surface area contributed by atoms with Gasteiger partial charge in [-0.15, -0.1) is 5.10 Å². The minimum Gasteiger partial charge on any atom is -0.442 e. The van der Waals surface area contributed by atoms with Crippen molar-refractivity contribution in [1.82, 2.24) is 9.78 Å². The average Bonchev–Trinajstić information content (AvgIpc) is 2.64. The Morgan fingerprint density at radius 1 is 1.45 bits per heavy atom. The number of ether oxygens (including phenoxy) is 1. The summed E-state index contributed by atoms with van der Waals surface area (Å²) in [7, 11) is 0. The summed E-state index contributed by atoms with van der Waals surface area (Å²) in [5.41, 5.74) is -0.444. The molecule has 1 aromatic heterocycles. The van der Waals surface area contributed by atoms with Crippen molar-refractivity contribution in [3.63, 3.8) is 0 Å². The molecule has 0 atom stereocenters. The highest BCUT2D eigenvalue weighted by Crippen LogP contribution is 2.27. The molecule has 0 fully saturated rings. The number of carbonyl (C=O) groups is 1. The van der Waals surface area contributed by atoms with Gasteiger partial charge in [-0.1, -0.05) is 11.6 Å². The van der Waals surface area contributed by atoms with Crippen LogP contribution in [0.25, 0.3) is 10.9 Å². The Morgan fingerprint density at radius 2 is 2.10 bits per heavy atom. The van der Waals surface area contributed by atoms with Gasteiger partial charge in [0.2, 0.25) is 0 Å². The summed E-state index contributed by atoms with van der Waals surface area (Å²) in [6, 6.07) is 3.96. The first-order valence-electron chi connectivity index (χ1n) is 5.75. The summed E-state index contributed by atoms with van der Waals surface area (Å²) in [6.07, 6.45) is -0.691. The second-order valence-electron chi connectivity index (χ2n) is 5.14. The van der Waals surface area contributed by atoms with E-state index < -0.39 is 16.6 Å². The van der Waals surface area contributed by atoms with Crippen molar-refractivity contribution < 1.29 is 14.5 Å². The molecule has 0 radical (unpaired) electrons. The lowest BCUT2D eigenvalue weighted by Gasteiger charge is -2.19. The van der Waals surface area contributed by atoms with Gasteiger partial charge in [0.05, 0.1) is 10.4 Å². The minimum absolute atomic E-state index is 0.00885. The molecule has 0 amide bonds. The Balaban J connectivity index is 2.51. The highest BCUT2D eigenvalue weighted by atomic mass is 35.5. The number of hydrogen-bond donors (Lipinski definition) is 0. The minimum atomic E-state index is -0.691. The van der Waals surface area contributed by atoms with Crippen LogP contribution in [-0.2, 0) is 4.74 Å². The van der Waals surface area contributed by atoms with E-state index in [1.165, 1.54) is 18.2 Å². The lowest BCUT2D eigenvalue weighted by molar-refractivity contribution is -0.384. The van der Waals surface area contributed by atoms with Crippen molar-refractivity contribution in [3.05, 3.63) is 33.5 Å². The van der Waals surface area contributed by atoms with E-state index in [9.17, 15) is 14.9 Å². The molecule has 0 bridgehead atoms. The smallest absolute Gasteiger partial charge is 0.435 e. The molecular weight excluding hydrogens is 286 g/mol. The van der Waals surface area contributed by atoms with Gasteiger partial charge in [0.15, 0.2) is 5.15 Å². The molecule has 0 saturated carbocycles. The monoisotopic (exact) mass is 297 g/mol. The maximum Gasteiger partial charge on any atom is 0.435 e. The molecule has 2 rings (SSSR count). The summed E-state index contributed by atoms with van der Waals surface area (Å²) in [6.45, 7) is 5.18. The topological polar surface area (TPSA) is 87.3 Å². The van der Waals surface area contributed by atoms with E-state index in [2.05, 4.69) is 5.10 Å². The number of benzene rings is 1. The van der Waals surface area contributed by atoms with Crippen molar-refractivity contribution in [3.8, 4) is 0 Å². The van der Waals surface area contributed by atoms with Gasteiger partial charge in [-0.05, 0) is 26.8 Å². The van der Waals surface area contributed by atoms with Crippen LogP contribution in [0.2, 0.25) is 5.15 Å². The number of hydrogen-bond acceptors (Lipinski definition) is 5. The normalized spacial score (nSPS) is 11.6. The van der Waals surface area contributed by atoms with Crippen molar-refractivity contribution in [2.75, 3.05) is 0 Å². The third kappa shape index (κ3) is 2.72. The van der Waals surface area contributed by atoms with E-state index in [-0.39, 0.29) is 10.8 Å². The maximum absolute atomic E-state index is 12.0. The Kier molecular flexibility index (Phi) is 3.39. The molecule has 1 aromatic carbocycles. The number of carbonyl (C=O) groups excluding carboxylic acids is 1. The van der Waals surface area contributed by atoms with E-state index in [1.807, 2.05) is 0 Å². The molecule has 0 aliphatic rings. The lowest BCUT2D eigenvalue weighted by atomic mass is 10.2. The molecule has 8 heteroatoms. The van der Waals surface area contributed by atoms with Crippen LogP contribution >= 0.6 is 11.6 Å². The standard InChI is InChI=1S/C12H12ClN3O4/c1-12(2,3)20-11(17)15-9-5-4-7(16(18)19)6-8(9)10(13)14-15/h4-6H,1-3H3. The molecule has 1 heterocycles. The lowest BCUT2D eigenvalue weighted by Crippen LogP contribution is -2.27. The molecule has 0 unspecified atom stereocenters. The van der Waals surface area contributed by atoms with Crippen molar-refractivity contribution in [2.45, 2.75) is 26.4 Å². The number of halogens is 1. The Bertz CT molecular complexity index is 703. The van der Waals surface area contributed by atoms with Crippen LogP contribution in [0.5, 0.6) is 0 Å². The Morgan fingerprint density at radius 3 is 2.65 bits per heavy atom. The number of rotatable bonds is 1. The molecule has 0 aliphatic heterocycles. The van der Waals surface area contributed by atoms with E-state index in [4.69, 9.17) is 16.3 Å². The first kappa shape index (κ1) is 14.3. The zero-order valence-electron chi connectivity index (χ0n) is 11.1. The van der Waals surface area contributed by atoms with Gasteiger partial charge in [0, 0.05) is 17.5 Å². The number of nitrogens with zero attached hydrogens (tertiary/aromatic N) is 3. The molecule has 0 aliphatic carbocycles. The molecule has 0 saturated heterocycles. The highest BCUT2D eigenvalue weighted by Gasteiger charge is 2.22. The van der Waals surface area contributed by atoms with Gasteiger partial charge < -0.3 is 4.74 Å². The summed E-state index contributed by atoms with van der Waals surface area (Å²) in [5, 5.41) is 14.9. The van der Waals surface area contributed by atoms with Gasteiger partial charge in [-0.3, -0.25) is 10.1 Å². The molecule has 7 nitrogen and oxygen atoms in total. The molecular formula is C12H12ClN3O4. The fourth-order valence-corrected chi connectivity index (χ4v) is 1.85. The maximum atomic E-state index is 12.0. The number of aromatic nitrogens is 2. The highest BCUT2D eigenvalue weighted by molar-refractivity contribution is 6.34. The number of nitro groups is 1. The van der Waals surface area contributed by atoms with Crippen LogP contribution in [0.3, 0.4) is 0 Å². The predicted molar refractivity (Wildman–Crippen MR) is 73.0 cm³/mol. The van der Waals surface area contributed by atoms with E-state index in [0.717, 1.165) is 4.68 Å². The second-order valence-corrected chi connectivity index (χ2v) is 5.50. The van der Waals surface area contributed by atoms with Gasteiger partial charge in [0.25, 0.3) is 5.69 Å². The molecule has 0 spiro atoms. The van der Waals surface area contributed by atoms with Crippen LogP contribution in [0.15, 0.2) is 18.2 Å². The van der Waals surface area contributed by atoms with Crippen molar-refractivity contribution in [1.29, 1.82) is 0 Å². The van der Waals surface area contributed by atoms with E-state index in [1.54, 1.807) is 20.8 Å². The second kappa shape index (κ2) is 4.75. The van der Waals surface area contributed by atoms with Crippen LogP contribution in [-0.4, -0.2) is 26.4 Å². The average molecular weight is 298 g/mol. The quantitative estimate of drug-likeness (QED) is 0.595. The Hall–Kier alpha value is -2.15. The summed E-state index contributed by atoms with van der Waals surface area (Å²) >= 11 is 5.91. The van der Waals surface area contributed by atoms with Crippen LogP contribution in [0.1, 0.15) is 20.8 Å². The molecule has 2 aromatic rings. The number of nitro benzene ring substituents is 1. The number of non-ortho nitro benzene ring substituents is 1. The fraction of sp³-hybridized carbons (Fsp3) is 0.333. The van der Waals surface area contributed by atoms with E-state index >= 15 is 0 Å². The van der Waals surface area contributed by atoms with Gasteiger partial charge in [0.1, 0.15) is 5.60 Å². The number of fused-ring (bicyclic) bond motifs is 1. The Labute approximate surface area is 119 Å². The first-order valence-corrected chi connectivity index (χ1v) is 6.13. The largest absolute Gasteiger partial charge is 0.442 e. The SMILES string of the molecule is CC(C)(C)OC(=O)n1nc(Cl)c2cc([N+](=O)[O-])ccc21.